The van der Waals surface area contributed by atoms with E-state index in [1.54, 1.807) is 0 Å². The van der Waals surface area contributed by atoms with Gasteiger partial charge in [0.1, 0.15) is 0 Å². The van der Waals surface area contributed by atoms with Gasteiger partial charge in [-0.25, -0.2) is 0 Å². The van der Waals surface area contributed by atoms with Crippen molar-refractivity contribution in [3.8, 4) is 0 Å². The summed E-state index contributed by atoms with van der Waals surface area (Å²) in [5.41, 5.74) is 2.60. The van der Waals surface area contributed by atoms with E-state index >= 15 is 0 Å². The van der Waals surface area contributed by atoms with Crippen LogP contribution in [0.5, 0.6) is 0 Å². The third kappa shape index (κ3) is 8.69. The lowest BCUT2D eigenvalue weighted by Crippen LogP contribution is -2.42. The number of rotatable bonds is 7. The largest absolute Gasteiger partial charge is 0.394 e. The van der Waals surface area contributed by atoms with Gasteiger partial charge in [-0.1, -0.05) is 23.3 Å². The minimum absolute atomic E-state index is 0.164. The van der Waals surface area contributed by atoms with Gasteiger partial charge in [-0.2, -0.15) is 0 Å². The molecule has 0 aromatic rings. The maximum atomic E-state index is 9.07. The fourth-order valence-corrected chi connectivity index (χ4v) is 1.25. The van der Waals surface area contributed by atoms with Crippen LogP contribution in [0.2, 0.25) is 0 Å². The summed E-state index contributed by atoms with van der Waals surface area (Å²) in [6, 6.07) is 0. The van der Waals surface area contributed by atoms with Crippen molar-refractivity contribution in [3.63, 3.8) is 0 Å². The van der Waals surface area contributed by atoms with Gasteiger partial charge in [-0.15, -0.1) is 0 Å². The van der Waals surface area contributed by atoms with Crippen molar-refractivity contribution >= 4 is 0 Å². The standard InChI is InChI=1S/C14H27NO/c1-12(2)7-6-8-13(3)9-10-15-14(4,5)11-16/h7,9,15-16H,6,8,10-11H2,1-5H3. The van der Waals surface area contributed by atoms with E-state index in [1.165, 1.54) is 11.1 Å². The van der Waals surface area contributed by atoms with Crippen molar-refractivity contribution in [2.24, 2.45) is 0 Å². The first kappa shape index (κ1) is 15.4. The Kier molecular flexibility index (Phi) is 7.35. The number of hydrogen-bond acceptors (Lipinski definition) is 2. The minimum Gasteiger partial charge on any atom is -0.394 e. The fourth-order valence-electron chi connectivity index (χ4n) is 1.25. The molecule has 2 nitrogen and oxygen atoms in total. The molecule has 0 saturated carbocycles. The average Bonchev–Trinajstić information content (AvgIpc) is 2.17. The molecule has 0 aliphatic carbocycles. The Hall–Kier alpha value is -0.600. The van der Waals surface area contributed by atoms with Crippen LogP contribution < -0.4 is 5.32 Å². The summed E-state index contributed by atoms with van der Waals surface area (Å²) in [4.78, 5) is 0. The molecule has 0 aromatic carbocycles. The van der Waals surface area contributed by atoms with E-state index < -0.39 is 0 Å². The van der Waals surface area contributed by atoms with Crippen LogP contribution in [-0.4, -0.2) is 23.8 Å². The monoisotopic (exact) mass is 225 g/mol. The molecule has 2 heteroatoms. The Morgan fingerprint density at radius 2 is 1.81 bits per heavy atom. The van der Waals surface area contributed by atoms with Gasteiger partial charge >= 0.3 is 0 Å². The maximum absolute atomic E-state index is 9.07. The van der Waals surface area contributed by atoms with Gasteiger partial charge in [0, 0.05) is 12.1 Å². The predicted molar refractivity (Wildman–Crippen MR) is 71.6 cm³/mol. The second-order valence-corrected chi connectivity index (χ2v) is 5.29. The SMILES string of the molecule is CC(C)=CCCC(C)=CCNC(C)(C)CO. The first-order valence-electron chi connectivity index (χ1n) is 6.02. The van der Waals surface area contributed by atoms with Crippen molar-refractivity contribution < 1.29 is 5.11 Å². The second-order valence-electron chi connectivity index (χ2n) is 5.29. The Morgan fingerprint density at radius 3 is 2.31 bits per heavy atom. The third-order valence-electron chi connectivity index (χ3n) is 2.52. The molecule has 0 saturated heterocycles. The number of allylic oxidation sites excluding steroid dienone is 3. The highest BCUT2D eigenvalue weighted by atomic mass is 16.3. The molecule has 0 unspecified atom stereocenters. The molecule has 0 bridgehead atoms. The van der Waals surface area contributed by atoms with E-state index in [-0.39, 0.29) is 12.1 Å². The molecule has 0 aliphatic heterocycles. The highest BCUT2D eigenvalue weighted by molar-refractivity contribution is 5.03. The molecular formula is C14H27NO. The van der Waals surface area contributed by atoms with Gasteiger partial charge < -0.3 is 10.4 Å². The predicted octanol–water partition coefficient (Wildman–Crippen LogP) is 3.04. The molecule has 0 radical (unpaired) electrons. The van der Waals surface area contributed by atoms with Crippen LogP contribution in [0.4, 0.5) is 0 Å². The smallest absolute Gasteiger partial charge is 0.0607 e. The highest BCUT2D eigenvalue weighted by Crippen LogP contribution is 2.06. The quantitative estimate of drug-likeness (QED) is 0.653. The van der Waals surface area contributed by atoms with Gasteiger partial charge in [-0.3, -0.25) is 0 Å². The molecule has 0 spiro atoms. The van der Waals surface area contributed by atoms with E-state index in [0.717, 1.165) is 19.4 Å². The Morgan fingerprint density at radius 1 is 1.19 bits per heavy atom. The molecule has 0 atom stereocenters. The van der Waals surface area contributed by atoms with Gasteiger partial charge in [-0.05, 0) is 47.5 Å². The summed E-state index contributed by atoms with van der Waals surface area (Å²) in [6.45, 7) is 11.4. The van der Waals surface area contributed by atoms with Crippen LogP contribution in [0.15, 0.2) is 23.3 Å². The van der Waals surface area contributed by atoms with Crippen molar-refractivity contribution in [3.05, 3.63) is 23.3 Å². The summed E-state index contributed by atoms with van der Waals surface area (Å²) in [5.74, 6) is 0. The van der Waals surface area contributed by atoms with Crippen LogP contribution in [0, 0.1) is 0 Å². The second kappa shape index (κ2) is 7.64. The Balaban J connectivity index is 3.83. The van der Waals surface area contributed by atoms with Crippen molar-refractivity contribution in [1.82, 2.24) is 5.32 Å². The summed E-state index contributed by atoms with van der Waals surface area (Å²) < 4.78 is 0. The van der Waals surface area contributed by atoms with Gasteiger partial charge in [0.25, 0.3) is 0 Å². The third-order valence-corrected chi connectivity index (χ3v) is 2.52. The fraction of sp³-hybridized carbons (Fsp3) is 0.714. The molecule has 0 rings (SSSR count). The van der Waals surface area contributed by atoms with E-state index in [9.17, 15) is 0 Å². The normalized spacial score (nSPS) is 12.8. The number of nitrogens with one attached hydrogen (secondary N) is 1. The zero-order valence-electron chi connectivity index (χ0n) is 11.4. The number of aliphatic hydroxyl groups excluding tert-OH is 1. The van der Waals surface area contributed by atoms with Crippen LogP contribution in [0.3, 0.4) is 0 Å². The lowest BCUT2D eigenvalue weighted by Gasteiger charge is -2.22. The molecule has 94 valence electrons. The molecule has 0 amide bonds. The van der Waals surface area contributed by atoms with Gasteiger partial charge in [0.05, 0.1) is 6.61 Å². The summed E-state index contributed by atoms with van der Waals surface area (Å²) >= 11 is 0. The Labute approximate surface area is 100 Å². The molecule has 0 aromatic heterocycles. The van der Waals surface area contributed by atoms with Gasteiger partial charge in [0.2, 0.25) is 0 Å². The van der Waals surface area contributed by atoms with E-state index in [0.29, 0.717) is 0 Å². The lowest BCUT2D eigenvalue weighted by molar-refractivity contribution is 0.193. The lowest BCUT2D eigenvalue weighted by atomic mass is 10.1. The van der Waals surface area contributed by atoms with Crippen LogP contribution in [0.1, 0.15) is 47.5 Å². The average molecular weight is 225 g/mol. The first-order valence-corrected chi connectivity index (χ1v) is 6.02. The van der Waals surface area contributed by atoms with E-state index in [1.807, 2.05) is 13.8 Å². The molecule has 0 heterocycles. The Bertz CT molecular complexity index is 247. The molecular weight excluding hydrogens is 198 g/mol. The zero-order chi connectivity index (χ0) is 12.6. The van der Waals surface area contributed by atoms with Gasteiger partial charge in [0.15, 0.2) is 0 Å². The molecule has 2 N–H and O–H groups in total. The molecule has 16 heavy (non-hydrogen) atoms. The maximum Gasteiger partial charge on any atom is 0.0607 e. The van der Waals surface area contributed by atoms with E-state index in [2.05, 4.69) is 38.2 Å². The number of aliphatic hydroxyl groups is 1. The zero-order valence-corrected chi connectivity index (χ0v) is 11.4. The molecule has 0 aliphatic rings. The summed E-state index contributed by atoms with van der Waals surface area (Å²) in [6.07, 6.45) is 6.71. The number of hydrogen-bond donors (Lipinski definition) is 2. The summed E-state index contributed by atoms with van der Waals surface area (Å²) in [5, 5.41) is 12.4. The molecule has 0 fully saturated rings. The summed E-state index contributed by atoms with van der Waals surface area (Å²) in [7, 11) is 0. The van der Waals surface area contributed by atoms with Crippen LogP contribution in [-0.2, 0) is 0 Å². The van der Waals surface area contributed by atoms with Crippen LogP contribution in [0.25, 0.3) is 0 Å². The first-order chi connectivity index (χ1) is 7.37. The van der Waals surface area contributed by atoms with E-state index in [4.69, 9.17) is 5.11 Å². The van der Waals surface area contributed by atoms with Crippen molar-refractivity contribution in [2.75, 3.05) is 13.2 Å². The highest BCUT2D eigenvalue weighted by Gasteiger charge is 2.13. The minimum atomic E-state index is -0.184. The van der Waals surface area contributed by atoms with Crippen molar-refractivity contribution in [1.29, 1.82) is 0 Å². The van der Waals surface area contributed by atoms with Crippen molar-refractivity contribution in [2.45, 2.75) is 53.0 Å². The topological polar surface area (TPSA) is 32.3 Å². The van der Waals surface area contributed by atoms with Crippen LogP contribution >= 0.6 is 0 Å².